The van der Waals surface area contributed by atoms with Crippen molar-refractivity contribution in [2.75, 3.05) is 0 Å². The molecule has 0 bridgehead atoms. The molecule has 5 heteroatoms. The molecule has 0 radical (unpaired) electrons. The van der Waals surface area contributed by atoms with Crippen LogP contribution in [0.1, 0.15) is 38.9 Å². The smallest absolute Gasteiger partial charge is 0.152 e. The van der Waals surface area contributed by atoms with Crippen molar-refractivity contribution in [3.63, 3.8) is 0 Å². The van der Waals surface area contributed by atoms with Gasteiger partial charge in [-0.2, -0.15) is 0 Å². The molecule has 12 rings (SSSR count). The average Bonchev–Trinajstić information content (AvgIpc) is 3.76. The molecule has 55 heavy (non-hydrogen) atoms. The van der Waals surface area contributed by atoms with Crippen LogP contribution < -0.4 is 10.9 Å². The number of nitrogens with one attached hydrogen (secondary N) is 2. The van der Waals surface area contributed by atoms with Gasteiger partial charge in [-0.25, -0.2) is 4.99 Å². The summed E-state index contributed by atoms with van der Waals surface area (Å²) in [7, 11) is 0. The molecule has 4 nitrogen and oxygen atoms in total. The fraction of sp³-hybridized carbons (Fsp3) is 0.0200. The van der Waals surface area contributed by atoms with E-state index in [4.69, 9.17) is 9.41 Å². The van der Waals surface area contributed by atoms with Crippen molar-refractivity contribution in [2.24, 2.45) is 4.99 Å². The van der Waals surface area contributed by atoms with Crippen LogP contribution in [0.4, 0.5) is 0 Å². The zero-order chi connectivity index (χ0) is 36.1. The van der Waals surface area contributed by atoms with E-state index in [2.05, 4.69) is 175 Å². The van der Waals surface area contributed by atoms with E-state index in [1.54, 1.807) is 0 Å². The molecular weight excluding hydrogens is 691 g/mol. The predicted molar refractivity (Wildman–Crippen MR) is 225 cm³/mol. The summed E-state index contributed by atoms with van der Waals surface area (Å²) in [5.41, 5.74) is 21.0. The summed E-state index contributed by atoms with van der Waals surface area (Å²) in [4.78, 5) is 8.10. The number of nitrogens with zero attached hydrogens (tertiary/aromatic N) is 1. The summed E-state index contributed by atoms with van der Waals surface area (Å²) in [6.07, 6.45) is 0. The van der Waals surface area contributed by atoms with E-state index in [-0.39, 0.29) is 0 Å². The molecule has 3 aliphatic rings. The van der Waals surface area contributed by atoms with E-state index in [0.717, 1.165) is 61.2 Å². The highest BCUT2D eigenvalue weighted by Crippen LogP contribution is 2.62. The molecule has 1 aliphatic carbocycles. The van der Waals surface area contributed by atoms with Crippen LogP contribution >= 0.6 is 11.8 Å². The van der Waals surface area contributed by atoms with E-state index in [1.165, 1.54) is 48.6 Å². The van der Waals surface area contributed by atoms with Crippen LogP contribution in [-0.2, 0) is 5.41 Å². The number of para-hydroxylation sites is 1. The van der Waals surface area contributed by atoms with Gasteiger partial charge in [0.15, 0.2) is 5.84 Å². The second-order valence-corrected chi connectivity index (χ2v) is 15.5. The van der Waals surface area contributed by atoms with Gasteiger partial charge in [0.1, 0.15) is 11.2 Å². The Labute approximate surface area is 321 Å². The van der Waals surface area contributed by atoms with Crippen molar-refractivity contribution in [1.82, 2.24) is 10.9 Å². The number of aliphatic imine (C=N–C) groups is 1. The van der Waals surface area contributed by atoms with Crippen molar-refractivity contribution in [2.45, 2.75) is 15.2 Å². The van der Waals surface area contributed by atoms with Gasteiger partial charge in [0.2, 0.25) is 0 Å². The summed E-state index contributed by atoms with van der Waals surface area (Å²) < 4.78 is 6.34. The fourth-order valence-corrected chi connectivity index (χ4v) is 10.4. The molecule has 8 aromatic carbocycles. The van der Waals surface area contributed by atoms with Gasteiger partial charge in [-0.3, -0.25) is 10.9 Å². The molecule has 1 aromatic heterocycles. The lowest BCUT2D eigenvalue weighted by atomic mass is 9.67. The maximum Gasteiger partial charge on any atom is 0.152 e. The summed E-state index contributed by atoms with van der Waals surface area (Å²) in [5, 5.41) is 4.52. The van der Waals surface area contributed by atoms with Crippen LogP contribution in [0.2, 0.25) is 0 Å². The molecular formula is C50H31N3OS. The Kier molecular flexibility index (Phi) is 6.45. The Morgan fingerprint density at radius 1 is 0.455 bits per heavy atom. The standard InChI is InChI=1S/C50H31N3OS/c1-2-14-33-30(12-1)13-11-17-37(33)48-47(31-24-26-36-35-16-4-8-21-43(35)54-44(36)29-31)52-53-49(51-48)32-25-27-40-38(28-32)34-15-3-5-18-39(34)50(40)41-19-6-9-22-45(41)55-46-23-10-7-20-42(46)50/h1-29,52H,(H,51,53). The summed E-state index contributed by atoms with van der Waals surface area (Å²) in [6.45, 7) is 0. The van der Waals surface area contributed by atoms with Gasteiger partial charge in [0, 0.05) is 37.3 Å². The maximum atomic E-state index is 6.34. The molecule has 3 heterocycles. The van der Waals surface area contributed by atoms with Crippen LogP contribution in [0.25, 0.3) is 55.2 Å². The lowest BCUT2D eigenvalue weighted by Crippen LogP contribution is -2.40. The Balaban J connectivity index is 1.07. The minimum Gasteiger partial charge on any atom is -0.456 e. The van der Waals surface area contributed by atoms with Crippen LogP contribution in [0.5, 0.6) is 0 Å². The van der Waals surface area contributed by atoms with E-state index in [0.29, 0.717) is 0 Å². The summed E-state index contributed by atoms with van der Waals surface area (Å²) in [5.74, 6) is 0.762. The zero-order valence-corrected chi connectivity index (χ0v) is 30.3. The molecule has 0 amide bonds. The topological polar surface area (TPSA) is 49.6 Å². The Bertz CT molecular complexity index is 3100. The molecule has 258 valence electrons. The first-order valence-electron chi connectivity index (χ1n) is 18.6. The summed E-state index contributed by atoms with van der Waals surface area (Å²) >= 11 is 1.87. The lowest BCUT2D eigenvalue weighted by Gasteiger charge is -2.39. The van der Waals surface area contributed by atoms with E-state index >= 15 is 0 Å². The van der Waals surface area contributed by atoms with Gasteiger partial charge < -0.3 is 4.42 Å². The molecule has 2 aliphatic heterocycles. The van der Waals surface area contributed by atoms with E-state index in [9.17, 15) is 0 Å². The Morgan fingerprint density at radius 2 is 1.09 bits per heavy atom. The molecule has 0 fully saturated rings. The third-order valence-corrected chi connectivity index (χ3v) is 12.8. The first kappa shape index (κ1) is 30.6. The van der Waals surface area contributed by atoms with Gasteiger partial charge >= 0.3 is 0 Å². The first-order chi connectivity index (χ1) is 27.3. The number of amidine groups is 1. The number of furan rings is 1. The summed E-state index contributed by atoms with van der Waals surface area (Å²) in [6, 6.07) is 63.3. The maximum absolute atomic E-state index is 6.34. The zero-order valence-electron chi connectivity index (χ0n) is 29.5. The van der Waals surface area contributed by atoms with Crippen molar-refractivity contribution < 1.29 is 4.42 Å². The Hall–Kier alpha value is -6.82. The van der Waals surface area contributed by atoms with Gasteiger partial charge in [0.05, 0.1) is 16.8 Å². The van der Waals surface area contributed by atoms with E-state index < -0.39 is 5.41 Å². The molecule has 1 spiro atoms. The monoisotopic (exact) mass is 721 g/mol. The molecule has 0 atom stereocenters. The minimum absolute atomic E-state index is 0.417. The number of hydrogen-bond donors (Lipinski definition) is 2. The highest BCUT2D eigenvalue weighted by molar-refractivity contribution is 7.99. The predicted octanol–water partition coefficient (Wildman–Crippen LogP) is 11.9. The third-order valence-electron chi connectivity index (χ3n) is 11.6. The van der Waals surface area contributed by atoms with Crippen LogP contribution in [-0.4, -0.2) is 5.84 Å². The molecule has 0 saturated heterocycles. The number of benzene rings is 8. The van der Waals surface area contributed by atoms with Crippen molar-refractivity contribution in [3.8, 4) is 11.1 Å². The Morgan fingerprint density at radius 3 is 1.95 bits per heavy atom. The molecule has 2 N–H and O–H groups in total. The van der Waals surface area contributed by atoms with Gasteiger partial charge in [-0.05, 0) is 80.6 Å². The highest BCUT2D eigenvalue weighted by Gasteiger charge is 2.50. The van der Waals surface area contributed by atoms with Crippen LogP contribution in [0.15, 0.2) is 195 Å². The van der Waals surface area contributed by atoms with Crippen molar-refractivity contribution in [3.05, 3.63) is 215 Å². The van der Waals surface area contributed by atoms with Gasteiger partial charge in [-0.1, -0.05) is 151 Å². The van der Waals surface area contributed by atoms with Gasteiger partial charge in [-0.15, -0.1) is 0 Å². The van der Waals surface area contributed by atoms with Crippen LogP contribution in [0, 0.1) is 0 Å². The second kappa shape index (κ2) is 11.6. The van der Waals surface area contributed by atoms with Crippen LogP contribution in [0.3, 0.4) is 0 Å². The number of hydrazine groups is 1. The third kappa shape index (κ3) is 4.33. The molecule has 0 unspecified atom stereocenters. The van der Waals surface area contributed by atoms with E-state index in [1.807, 2.05) is 23.9 Å². The largest absolute Gasteiger partial charge is 0.456 e. The minimum atomic E-state index is -0.417. The first-order valence-corrected chi connectivity index (χ1v) is 19.4. The normalized spacial score (nSPS) is 14.9. The molecule has 9 aromatic rings. The molecule has 0 saturated carbocycles. The quantitative estimate of drug-likeness (QED) is 0.191. The lowest BCUT2D eigenvalue weighted by molar-refractivity contribution is 0.668. The SMILES string of the molecule is c1ccc2c(c1)Sc1ccccc1C21c2ccccc2-c2cc(C3=NC(c4cccc5ccccc45)=C(c4ccc5c(c4)oc4ccccc45)NN3)ccc21. The number of rotatable bonds is 3. The van der Waals surface area contributed by atoms with Crippen molar-refractivity contribution in [1.29, 1.82) is 0 Å². The van der Waals surface area contributed by atoms with Crippen molar-refractivity contribution >= 4 is 61.7 Å². The highest BCUT2D eigenvalue weighted by atomic mass is 32.2. The second-order valence-electron chi connectivity index (χ2n) is 14.4. The van der Waals surface area contributed by atoms with Gasteiger partial charge in [0.25, 0.3) is 0 Å². The fourth-order valence-electron chi connectivity index (χ4n) is 9.24. The number of hydrogen-bond acceptors (Lipinski definition) is 5. The average molecular weight is 722 g/mol. The number of fused-ring (bicyclic) bond motifs is 13.